The fourth-order valence-corrected chi connectivity index (χ4v) is 7.74. The number of hydrogen-bond acceptors (Lipinski definition) is 10. The van der Waals surface area contributed by atoms with Crippen molar-refractivity contribution in [3.63, 3.8) is 0 Å². The maximum Gasteiger partial charge on any atom is 0.410 e. The molecule has 0 spiro atoms. The second-order valence-corrected chi connectivity index (χ2v) is 15.5. The topological polar surface area (TPSA) is 181 Å². The maximum absolute atomic E-state index is 13.9. The number of nitrogens with one attached hydrogen (secondary N) is 3. The van der Waals surface area contributed by atoms with Crippen LogP contribution in [0.4, 0.5) is 9.59 Å². The van der Waals surface area contributed by atoms with Crippen LogP contribution in [-0.4, -0.2) is 84.8 Å². The van der Waals surface area contributed by atoms with Gasteiger partial charge in [-0.05, 0) is 63.1 Å². The second-order valence-electron chi connectivity index (χ2n) is 15.5. The highest BCUT2D eigenvalue weighted by Gasteiger charge is 2.38. The predicted molar refractivity (Wildman–Crippen MR) is 235 cm³/mol. The summed E-state index contributed by atoms with van der Waals surface area (Å²) in [6, 6.07) is 16.9. The van der Waals surface area contributed by atoms with E-state index in [0.29, 0.717) is 30.4 Å². The number of aromatic amines is 2. The number of hydrogen-bond donors (Lipinski definition) is 3. The number of aromatic nitrogens is 5. The van der Waals surface area contributed by atoms with E-state index in [2.05, 4.69) is 61.8 Å². The molecular weight excluding hydrogens is 813 g/mol. The third kappa shape index (κ3) is 9.94. The van der Waals surface area contributed by atoms with Gasteiger partial charge >= 0.3 is 12.2 Å². The minimum absolute atomic E-state index is 0. The average Bonchev–Trinajstić information content (AvgIpc) is 4.03. The SMILES string of the molecule is COC(=O)N[C@H]1Cc2cc(on2)COCc2[nH]c(nc2-c2ccc(-c3ccc(-c4cnc([C@@H]5CCCN5C(=O)OC(C)(C)C)[nH]4)cc3)cc2)[C@@H]2CCCN2C1=O.S.S.S. The Balaban J connectivity index is 0.00000220. The van der Waals surface area contributed by atoms with Crippen molar-refractivity contribution in [2.45, 2.75) is 89.8 Å². The summed E-state index contributed by atoms with van der Waals surface area (Å²) in [6.07, 6.45) is 4.18. The summed E-state index contributed by atoms with van der Waals surface area (Å²) in [7, 11) is 1.26. The van der Waals surface area contributed by atoms with Crippen molar-refractivity contribution >= 4 is 58.6 Å². The van der Waals surface area contributed by atoms with E-state index in [4.69, 9.17) is 23.7 Å². The summed E-state index contributed by atoms with van der Waals surface area (Å²) < 4.78 is 22.0. The lowest BCUT2D eigenvalue weighted by molar-refractivity contribution is -0.134. The van der Waals surface area contributed by atoms with Crippen LogP contribution in [0, 0.1) is 0 Å². The second kappa shape index (κ2) is 19.0. The monoisotopic (exact) mass is 864 g/mol. The Morgan fingerprint density at radius 2 is 1.53 bits per heavy atom. The third-order valence-corrected chi connectivity index (χ3v) is 10.4. The molecule has 3 aliphatic heterocycles. The van der Waals surface area contributed by atoms with Crippen molar-refractivity contribution in [3.05, 3.63) is 89.6 Å². The minimum atomic E-state index is -0.897. The van der Waals surface area contributed by atoms with Crippen molar-refractivity contribution in [2.24, 2.45) is 0 Å². The molecule has 2 fully saturated rings. The Bertz CT molecular complexity index is 2220. The molecule has 6 heterocycles. The lowest BCUT2D eigenvalue weighted by Crippen LogP contribution is -2.49. The lowest BCUT2D eigenvalue weighted by atomic mass is 10.0. The first-order valence-corrected chi connectivity index (χ1v) is 19.0. The van der Waals surface area contributed by atoms with Crippen molar-refractivity contribution in [3.8, 4) is 33.6 Å². The fourth-order valence-electron chi connectivity index (χ4n) is 7.74. The Hall–Kier alpha value is -4.91. The Morgan fingerprint density at radius 1 is 0.864 bits per heavy atom. The predicted octanol–water partition coefficient (Wildman–Crippen LogP) is 7.19. The number of likely N-dealkylation sites (tertiary alicyclic amines) is 1. The van der Waals surface area contributed by atoms with Gasteiger partial charge in [-0.1, -0.05) is 53.7 Å². The highest BCUT2D eigenvalue weighted by Crippen LogP contribution is 2.36. The molecule has 3 aliphatic rings. The van der Waals surface area contributed by atoms with E-state index in [1.807, 2.05) is 39.1 Å². The number of benzene rings is 2. The van der Waals surface area contributed by atoms with Gasteiger partial charge in [0.05, 0.1) is 54.8 Å². The third-order valence-electron chi connectivity index (χ3n) is 10.4. The van der Waals surface area contributed by atoms with Gasteiger partial charge in [0.1, 0.15) is 29.9 Å². The summed E-state index contributed by atoms with van der Waals surface area (Å²) in [5.41, 5.74) is 6.34. The van der Waals surface area contributed by atoms with Crippen molar-refractivity contribution in [2.75, 3.05) is 20.2 Å². The number of imidazole rings is 2. The minimum Gasteiger partial charge on any atom is -0.453 e. The molecule has 3 amide bonds. The van der Waals surface area contributed by atoms with Crippen LogP contribution in [0.15, 0.2) is 65.3 Å². The highest BCUT2D eigenvalue weighted by atomic mass is 32.1. The van der Waals surface area contributed by atoms with Gasteiger partial charge in [0.2, 0.25) is 5.91 Å². The van der Waals surface area contributed by atoms with Crippen LogP contribution in [0.2, 0.25) is 0 Å². The van der Waals surface area contributed by atoms with Crippen LogP contribution in [0.3, 0.4) is 0 Å². The van der Waals surface area contributed by atoms with Crippen LogP contribution >= 0.6 is 40.5 Å². The molecule has 15 nitrogen and oxygen atoms in total. The molecule has 18 heteroatoms. The molecule has 4 bridgehead atoms. The van der Waals surface area contributed by atoms with E-state index >= 15 is 0 Å². The maximum atomic E-state index is 13.9. The number of methoxy groups -OCH3 is 1. The number of H-pyrrole nitrogens is 2. The smallest absolute Gasteiger partial charge is 0.410 e. The van der Waals surface area contributed by atoms with E-state index in [1.165, 1.54) is 7.11 Å². The molecule has 59 heavy (non-hydrogen) atoms. The Morgan fingerprint density at radius 3 is 2.22 bits per heavy atom. The molecule has 8 rings (SSSR count). The summed E-state index contributed by atoms with van der Waals surface area (Å²) >= 11 is 0. The molecule has 3 aromatic heterocycles. The number of ether oxygens (including phenoxy) is 3. The van der Waals surface area contributed by atoms with Crippen LogP contribution in [0.25, 0.3) is 33.6 Å². The van der Waals surface area contributed by atoms with Crippen LogP contribution in [-0.2, 0) is 38.6 Å². The molecule has 5 aromatic rings. The first-order chi connectivity index (χ1) is 27.0. The molecule has 3 N–H and O–H groups in total. The number of amides is 3. The molecule has 0 saturated carbocycles. The van der Waals surface area contributed by atoms with Gasteiger partial charge in [-0.3, -0.25) is 9.69 Å². The quantitative estimate of drug-likeness (QED) is 0.164. The largest absolute Gasteiger partial charge is 0.453 e. The first kappa shape index (κ1) is 45.2. The molecule has 0 unspecified atom stereocenters. The van der Waals surface area contributed by atoms with Gasteiger partial charge in [-0.25, -0.2) is 19.6 Å². The number of fused-ring (bicyclic) bond motifs is 6. The summed E-state index contributed by atoms with van der Waals surface area (Å²) in [5, 5.41) is 6.80. The van der Waals surface area contributed by atoms with E-state index < -0.39 is 17.7 Å². The molecule has 316 valence electrons. The lowest BCUT2D eigenvalue weighted by Gasteiger charge is -2.28. The van der Waals surface area contributed by atoms with Crippen LogP contribution < -0.4 is 5.32 Å². The molecule has 2 aromatic carbocycles. The van der Waals surface area contributed by atoms with E-state index in [9.17, 15) is 14.4 Å². The zero-order valence-electron chi connectivity index (χ0n) is 33.5. The Kier molecular flexibility index (Phi) is 14.5. The van der Waals surface area contributed by atoms with Crippen molar-refractivity contribution in [1.29, 1.82) is 0 Å². The normalized spacial score (nSPS) is 19.1. The summed E-state index contributed by atoms with van der Waals surface area (Å²) in [5.74, 6) is 1.69. The van der Waals surface area contributed by atoms with Crippen molar-refractivity contribution < 1.29 is 33.1 Å². The average molecular weight is 865 g/mol. The molecular formula is C41H52N8O7S3. The van der Waals surface area contributed by atoms with Crippen LogP contribution in [0.5, 0.6) is 0 Å². The number of carbonyl (C=O) groups excluding carboxylic acids is 3. The summed E-state index contributed by atoms with van der Waals surface area (Å²) in [4.78, 5) is 59.2. The van der Waals surface area contributed by atoms with Gasteiger partial charge in [0.15, 0.2) is 5.76 Å². The summed E-state index contributed by atoms with van der Waals surface area (Å²) in [6.45, 7) is 7.19. The number of carbonyl (C=O) groups is 3. The van der Waals surface area contributed by atoms with Crippen LogP contribution in [0.1, 0.15) is 87.3 Å². The molecule has 2 saturated heterocycles. The van der Waals surface area contributed by atoms with Gasteiger partial charge in [0.25, 0.3) is 0 Å². The van der Waals surface area contributed by atoms with Gasteiger partial charge in [-0.15, -0.1) is 0 Å². The Labute approximate surface area is 363 Å². The highest BCUT2D eigenvalue weighted by molar-refractivity contribution is 7.59. The number of nitrogens with zero attached hydrogens (tertiary/aromatic N) is 5. The molecule has 0 aliphatic carbocycles. The van der Waals surface area contributed by atoms with Gasteiger partial charge in [0, 0.05) is 31.1 Å². The van der Waals surface area contributed by atoms with Gasteiger partial charge < -0.3 is 38.9 Å². The fraction of sp³-hybridized carbons (Fsp3) is 0.415. The zero-order chi connectivity index (χ0) is 39.0. The number of rotatable bonds is 5. The molecule has 0 radical (unpaired) electrons. The van der Waals surface area contributed by atoms with Gasteiger partial charge in [-0.2, -0.15) is 40.5 Å². The van der Waals surface area contributed by atoms with E-state index in [0.717, 1.165) is 70.8 Å². The van der Waals surface area contributed by atoms with E-state index in [-0.39, 0.29) is 84.2 Å². The van der Waals surface area contributed by atoms with E-state index in [1.54, 1.807) is 15.9 Å². The first-order valence-electron chi connectivity index (χ1n) is 19.0. The molecule has 3 atom stereocenters. The van der Waals surface area contributed by atoms with Crippen molar-refractivity contribution in [1.82, 2.24) is 40.2 Å². The number of alkyl carbamates (subject to hydrolysis) is 1. The zero-order valence-corrected chi connectivity index (χ0v) is 36.5. The standard InChI is InChI=1S/C41H46N8O7.3H2S/c1-41(2,3)55-40(52)49-18-6-7-33(49)36-42-21-31(43-36)26-13-9-24(10-14-26)25-11-15-27(16-12-25)35-32-23-54-22-29-19-28(47-56-29)20-30(45-39(51)53-4)38(50)48-17-5-8-34(48)37(44-32)46-35;;;/h9-16,19,21,30,33-34H,5-8,17-18,20,22-23H2,1-4H3,(H,42,43)(H,44,46)(H,45,51);3*1H2/t30-,33-,34-;;;/m0.../s1.